The molecule has 0 bridgehead atoms. The van der Waals surface area contributed by atoms with Crippen molar-refractivity contribution in [2.75, 3.05) is 26.3 Å². The summed E-state index contributed by atoms with van der Waals surface area (Å²) in [6, 6.07) is 0. The van der Waals surface area contributed by atoms with E-state index < -0.39 is 0 Å². The topological polar surface area (TPSA) is 3.24 Å². The normalized spacial score (nSPS) is 10.7. The van der Waals surface area contributed by atoms with E-state index in [1.165, 1.54) is 32.1 Å². The van der Waals surface area contributed by atoms with Crippen LogP contribution in [0.5, 0.6) is 0 Å². The van der Waals surface area contributed by atoms with Gasteiger partial charge in [0.25, 0.3) is 0 Å². The van der Waals surface area contributed by atoms with Gasteiger partial charge in [0.05, 0.1) is 0 Å². The molecule has 0 aliphatic rings. The Kier molecular flexibility index (Phi) is 6.79. The number of hydrogen-bond acceptors (Lipinski definition) is 1. The first kappa shape index (κ1) is 9.39. The second-order valence-corrected chi connectivity index (χ2v) is 3.02. The van der Waals surface area contributed by atoms with Gasteiger partial charge < -0.3 is 4.90 Å². The van der Waals surface area contributed by atoms with Gasteiger partial charge in [0.15, 0.2) is 0 Å². The largest absolute Gasteiger partial charge is 0.306 e. The van der Waals surface area contributed by atoms with Crippen molar-refractivity contribution >= 4 is 9.24 Å². The fourth-order valence-corrected chi connectivity index (χ4v) is 1.20. The lowest BCUT2D eigenvalue weighted by Crippen LogP contribution is -2.21. The molecule has 0 saturated heterocycles. The average Bonchev–Trinajstić information content (AvgIpc) is 1.85. The molecule has 0 N–H and O–H groups in total. The highest BCUT2D eigenvalue weighted by molar-refractivity contribution is 7.16. The summed E-state index contributed by atoms with van der Waals surface area (Å²) in [5, 5.41) is 0. The van der Waals surface area contributed by atoms with E-state index in [0.717, 1.165) is 0 Å². The quantitative estimate of drug-likeness (QED) is 0.534. The molecular formula is C7H18NP. The summed E-state index contributed by atoms with van der Waals surface area (Å²) < 4.78 is 0. The SMILES string of the molecule is CCCCN(C)CCP. The minimum absolute atomic E-state index is 1.19. The van der Waals surface area contributed by atoms with Gasteiger partial charge in [-0.2, -0.15) is 0 Å². The third-order valence-electron chi connectivity index (χ3n) is 1.40. The Balaban J connectivity index is 2.95. The zero-order chi connectivity index (χ0) is 7.11. The van der Waals surface area contributed by atoms with Crippen molar-refractivity contribution in [2.24, 2.45) is 0 Å². The number of hydrogen-bond donors (Lipinski definition) is 0. The Labute approximate surface area is 61.0 Å². The van der Waals surface area contributed by atoms with E-state index in [9.17, 15) is 0 Å². The summed E-state index contributed by atoms with van der Waals surface area (Å²) in [4.78, 5) is 2.37. The van der Waals surface area contributed by atoms with E-state index in [0.29, 0.717) is 0 Å². The molecule has 1 atom stereocenters. The van der Waals surface area contributed by atoms with Crippen LogP contribution in [0.4, 0.5) is 0 Å². The zero-order valence-corrected chi connectivity index (χ0v) is 7.71. The van der Waals surface area contributed by atoms with Gasteiger partial charge in [0.1, 0.15) is 0 Å². The molecule has 0 rings (SSSR count). The van der Waals surface area contributed by atoms with E-state index in [1.54, 1.807) is 0 Å². The molecule has 0 spiro atoms. The Morgan fingerprint density at radius 3 is 2.44 bits per heavy atom. The summed E-state index contributed by atoms with van der Waals surface area (Å²) >= 11 is 0. The van der Waals surface area contributed by atoms with Gasteiger partial charge in [0, 0.05) is 6.54 Å². The standard InChI is InChI=1S/C7H18NP/c1-3-4-5-8(2)6-7-9/h3-7,9H2,1-2H3. The summed E-state index contributed by atoms with van der Waals surface area (Å²) in [6.45, 7) is 4.70. The highest BCUT2D eigenvalue weighted by atomic mass is 31.0. The van der Waals surface area contributed by atoms with Crippen LogP contribution in [0.3, 0.4) is 0 Å². The fraction of sp³-hybridized carbons (Fsp3) is 1.00. The molecule has 0 amide bonds. The predicted octanol–water partition coefficient (Wildman–Crippen LogP) is 1.59. The smallest absolute Gasteiger partial charge is 0.00129 e. The maximum Gasteiger partial charge on any atom is 0.00129 e. The number of unbranched alkanes of at least 4 members (excludes halogenated alkanes) is 1. The molecule has 0 saturated carbocycles. The maximum absolute atomic E-state index is 2.75. The van der Waals surface area contributed by atoms with Gasteiger partial charge in [0.2, 0.25) is 0 Å². The second-order valence-electron chi connectivity index (χ2n) is 2.45. The molecule has 0 aromatic rings. The average molecular weight is 147 g/mol. The molecule has 0 aromatic carbocycles. The Bertz CT molecular complexity index is 56.9. The van der Waals surface area contributed by atoms with Gasteiger partial charge in [-0.05, 0) is 26.2 Å². The van der Waals surface area contributed by atoms with Crippen molar-refractivity contribution in [3.8, 4) is 0 Å². The Hall–Kier alpha value is 0.390. The predicted molar refractivity (Wildman–Crippen MR) is 47.0 cm³/mol. The van der Waals surface area contributed by atoms with Crippen LogP contribution in [0.1, 0.15) is 19.8 Å². The van der Waals surface area contributed by atoms with Crippen LogP contribution in [0.25, 0.3) is 0 Å². The van der Waals surface area contributed by atoms with Crippen molar-refractivity contribution in [2.45, 2.75) is 19.8 Å². The van der Waals surface area contributed by atoms with Crippen LogP contribution >= 0.6 is 9.24 Å². The monoisotopic (exact) mass is 147 g/mol. The van der Waals surface area contributed by atoms with Gasteiger partial charge in [-0.1, -0.05) is 13.3 Å². The maximum atomic E-state index is 2.75. The van der Waals surface area contributed by atoms with Crippen LogP contribution in [0.15, 0.2) is 0 Å². The van der Waals surface area contributed by atoms with Crippen molar-refractivity contribution in [3.63, 3.8) is 0 Å². The first-order valence-electron chi connectivity index (χ1n) is 3.70. The molecule has 56 valence electrons. The van der Waals surface area contributed by atoms with Crippen molar-refractivity contribution in [3.05, 3.63) is 0 Å². The van der Waals surface area contributed by atoms with E-state index in [2.05, 4.69) is 28.1 Å². The summed E-state index contributed by atoms with van der Waals surface area (Å²) in [5.41, 5.74) is 0. The van der Waals surface area contributed by atoms with E-state index in [1.807, 2.05) is 0 Å². The van der Waals surface area contributed by atoms with Crippen molar-refractivity contribution < 1.29 is 0 Å². The molecule has 0 fully saturated rings. The number of rotatable bonds is 5. The van der Waals surface area contributed by atoms with Crippen LogP contribution in [-0.2, 0) is 0 Å². The van der Waals surface area contributed by atoms with Crippen molar-refractivity contribution in [1.82, 2.24) is 4.90 Å². The Morgan fingerprint density at radius 2 is 2.00 bits per heavy atom. The Morgan fingerprint density at radius 1 is 1.33 bits per heavy atom. The summed E-state index contributed by atoms with van der Waals surface area (Å²) in [6.07, 6.45) is 3.84. The lowest BCUT2D eigenvalue weighted by atomic mass is 10.3. The molecule has 0 radical (unpaired) electrons. The van der Waals surface area contributed by atoms with Crippen molar-refractivity contribution in [1.29, 1.82) is 0 Å². The molecule has 0 aliphatic carbocycles. The lowest BCUT2D eigenvalue weighted by molar-refractivity contribution is 0.348. The van der Waals surface area contributed by atoms with Crippen LogP contribution in [0.2, 0.25) is 0 Å². The van der Waals surface area contributed by atoms with E-state index in [4.69, 9.17) is 0 Å². The minimum atomic E-state index is 1.19. The third kappa shape index (κ3) is 6.27. The minimum Gasteiger partial charge on any atom is -0.306 e. The van der Waals surface area contributed by atoms with Gasteiger partial charge >= 0.3 is 0 Å². The molecule has 0 heterocycles. The zero-order valence-electron chi connectivity index (χ0n) is 6.56. The van der Waals surface area contributed by atoms with Crippen LogP contribution < -0.4 is 0 Å². The van der Waals surface area contributed by atoms with Gasteiger partial charge in [-0.25, -0.2) is 0 Å². The first-order chi connectivity index (χ1) is 4.31. The lowest BCUT2D eigenvalue weighted by Gasteiger charge is -2.13. The summed E-state index contributed by atoms with van der Waals surface area (Å²) in [7, 11) is 4.93. The van der Waals surface area contributed by atoms with Crippen LogP contribution in [-0.4, -0.2) is 31.2 Å². The molecule has 9 heavy (non-hydrogen) atoms. The van der Waals surface area contributed by atoms with Gasteiger partial charge in [-0.3, -0.25) is 0 Å². The molecule has 2 heteroatoms. The third-order valence-corrected chi connectivity index (χ3v) is 1.66. The molecule has 0 aliphatic heterocycles. The molecule has 1 nitrogen and oxygen atoms in total. The second kappa shape index (κ2) is 6.51. The highest BCUT2D eigenvalue weighted by Crippen LogP contribution is 1.92. The molecule has 1 unspecified atom stereocenters. The number of nitrogens with zero attached hydrogens (tertiary/aromatic N) is 1. The molecular weight excluding hydrogens is 129 g/mol. The van der Waals surface area contributed by atoms with Crippen LogP contribution in [0, 0.1) is 0 Å². The highest BCUT2D eigenvalue weighted by Gasteiger charge is 1.92. The summed E-state index contributed by atoms with van der Waals surface area (Å²) in [5.74, 6) is 0. The fourth-order valence-electron chi connectivity index (χ4n) is 0.760. The molecule has 0 aromatic heterocycles. The first-order valence-corrected chi connectivity index (χ1v) is 4.51. The van der Waals surface area contributed by atoms with E-state index in [-0.39, 0.29) is 0 Å². The van der Waals surface area contributed by atoms with E-state index >= 15 is 0 Å². The van der Waals surface area contributed by atoms with Gasteiger partial charge in [-0.15, -0.1) is 9.24 Å².